The predicted octanol–water partition coefficient (Wildman–Crippen LogP) is 6.13. The topological polar surface area (TPSA) is 120 Å². The van der Waals surface area contributed by atoms with E-state index in [1.165, 1.54) is 6.92 Å². The van der Waals surface area contributed by atoms with Crippen LogP contribution in [0.1, 0.15) is 105 Å². The lowest BCUT2D eigenvalue weighted by Gasteiger charge is -2.35. The molecule has 0 unspecified atom stereocenters. The maximum atomic E-state index is 14.4. The van der Waals surface area contributed by atoms with Crippen LogP contribution in [0.25, 0.3) is 11.0 Å². The molecule has 6 rings (SSSR count). The number of aromatic nitrogens is 2. The van der Waals surface area contributed by atoms with E-state index in [9.17, 15) is 14.4 Å². The van der Waals surface area contributed by atoms with Gasteiger partial charge in [0.15, 0.2) is 5.78 Å². The normalized spacial score (nSPS) is 30.0. The molecule has 3 fully saturated rings. The Kier molecular flexibility index (Phi) is 8.93. The van der Waals surface area contributed by atoms with E-state index in [1.807, 2.05) is 45.9 Å². The van der Waals surface area contributed by atoms with Gasteiger partial charge in [-0.25, -0.2) is 14.8 Å². The number of ether oxygens (including phenoxy) is 3. The Hall–Kier alpha value is -3.43. The molecular weight excluding hydrogens is 584 g/mol. The van der Waals surface area contributed by atoms with Gasteiger partial charge in [-0.2, -0.15) is 0 Å². The fourth-order valence-corrected chi connectivity index (χ4v) is 8.17. The van der Waals surface area contributed by atoms with Crippen molar-refractivity contribution in [2.75, 3.05) is 13.7 Å². The van der Waals surface area contributed by atoms with E-state index in [2.05, 4.69) is 5.32 Å². The zero-order chi connectivity index (χ0) is 32.8. The van der Waals surface area contributed by atoms with Crippen molar-refractivity contribution < 1.29 is 28.6 Å². The van der Waals surface area contributed by atoms with E-state index in [4.69, 9.17) is 24.2 Å². The number of alkyl carbamates (subject to hydrolysis) is 1. The van der Waals surface area contributed by atoms with Crippen LogP contribution in [0, 0.1) is 17.3 Å². The molecule has 6 atom stereocenters. The van der Waals surface area contributed by atoms with Crippen LogP contribution in [0.15, 0.2) is 18.2 Å². The second kappa shape index (κ2) is 12.6. The number of amides is 2. The lowest BCUT2D eigenvalue weighted by molar-refractivity contribution is -0.141. The van der Waals surface area contributed by atoms with Gasteiger partial charge in [0.1, 0.15) is 29.7 Å². The van der Waals surface area contributed by atoms with Crippen LogP contribution in [0.3, 0.4) is 0 Å². The summed E-state index contributed by atoms with van der Waals surface area (Å²) in [7, 11) is 1.63. The minimum absolute atomic E-state index is 0.102. The fourth-order valence-electron chi connectivity index (χ4n) is 8.17. The second-order valence-electron chi connectivity index (χ2n) is 15.1. The Morgan fingerprint density at radius 1 is 1.02 bits per heavy atom. The second-order valence-corrected chi connectivity index (χ2v) is 15.1. The highest BCUT2D eigenvalue weighted by Crippen LogP contribution is 2.54. The Bertz CT molecular complexity index is 1480. The minimum Gasteiger partial charge on any atom is -0.497 e. The van der Waals surface area contributed by atoms with Gasteiger partial charge in [-0.3, -0.25) is 9.59 Å². The van der Waals surface area contributed by atoms with E-state index in [0.717, 1.165) is 69.0 Å². The summed E-state index contributed by atoms with van der Waals surface area (Å²) in [6.07, 6.45) is 8.45. The molecule has 2 amide bonds. The third-order valence-corrected chi connectivity index (χ3v) is 10.9. The first-order valence-corrected chi connectivity index (χ1v) is 17.2. The Morgan fingerprint density at radius 2 is 1.78 bits per heavy atom. The number of hydrogen-bond acceptors (Lipinski definition) is 8. The molecule has 1 aromatic carbocycles. The quantitative estimate of drug-likeness (QED) is 0.429. The Balaban J connectivity index is 1.43. The van der Waals surface area contributed by atoms with Crippen molar-refractivity contribution in [3.05, 3.63) is 23.9 Å². The zero-order valence-electron chi connectivity index (χ0n) is 28.3. The number of ketones is 1. The van der Waals surface area contributed by atoms with Gasteiger partial charge < -0.3 is 24.4 Å². The highest BCUT2D eigenvalue weighted by molar-refractivity contribution is 5.92. The number of hydrogen-bond donors (Lipinski definition) is 1. The molecule has 4 aliphatic rings. The SMILES string of the molecule is CC[C@@H]1[C@@H]2CN(C(=O)[C@H](C(C)(C)C)NC(=O)O[C@@H]3CCC[C@H]3CCCCC3(CC3)c3nc4ccc(OC)cc4nc3O2)[C@@H]1C(C)=O. The van der Waals surface area contributed by atoms with Gasteiger partial charge >= 0.3 is 6.09 Å². The highest BCUT2D eigenvalue weighted by atomic mass is 16.6. The molecule has 250 valence electrons. The standard InChI is InChI=1S/C36H50N4O6/c1-7-24-28-20-40(29(24)21(2)41)33(42)31(35(3,4)5)39-34(43)46-27-13-10-12-22(27)11-8-9-16-36(17-18-36)30-32(45-28)38-26-19-23(44-6)14-15-25(26)37-30/h14-15,19,22,24,27-29,31H,7-13,16-18,20H2,1-6H3,(H,39,43)/t22-,24-,27-,28+,29-,31-/m1/s1. The molecule has 0 radical (unpaired) electrons. The Morgan fingerprint density at radius 3 is 2.46 bits per heavy atom. The van der Waals surface area contributed by atoms with Crippen molar-refractivity contribution in [3.8, 4) is 11.6 Å². The van der Waals surface area contributed by atoms with E-state index in [1.54, 1.807) is 12.0 Å². The number of fused-ring (bicyclic) bond motifs is 6. The zero-order valence-corrected chi connectivity index (χ0v) is 28.3. The number of carbonyl (C=O) groups excluding carboxylic acids is 3. The van der Waals surface area contributed by atoms with E-state index in [0.29, 0.717) is 29.5 Å². The van der Waals surface area contributed by atoms with Crippen molar-refractivity contribution in [3.63, 3.8) is 0 Å². The first-order chi connectivity index (χ1) is 21.9. The van der Waals surface area contributed by atoms with Crippen LogP contribution in [-0.2, 0) is 19.7 Å². The summed E-state index contributed by atoms with van der Waals surface area (Å²) in [5.41, 5.74) is 1.62. The van der Waals surface area contributed by atoms with Crippen molar-refractivity contribution in [1.29, 1.82) is 0 Å². The molecule has 3 heterocycles. The molecule has 2 bridgehead atoms. The molecule has 2 aliphatic heterocycles. The summed E-state index contributed by atoms with van der Waals surface area (Å²) >= 11 is 0. The predicted molar refractivity (Wildman–Crippen MR) is 174 cm³/mol. The number of rotatable bonds is 3. The summed E-state index contributed by atoms with van der Waals surface area (Å²) in [6.45, 7) is 9.53. The first-order valence-electron chi connectivity index (χ1n) is 17.2. The van der Waals surface area contributed by atoms with Crippen LogP contribution < -0.4 is 14.8 Å². The maximum Gasteiger partial charge on any atom is 0.408 e. The number of methoxy groups -OCH3 is 1. The molecule has 2 aliphatic carbocycles. The average molecular weight is 635 g/mol. The van der Waals surface area contributed by atoms with Gasteiger partial charge in [0.05, 0.1) is 30.7 Å². The van der Waals surface area contributed by atoms with Gasteiger partial charge in [0.25, 0.3) is 0 Å². The molecule has 46 heavy (non-hydrogen) atoms. The van der Waals surface area contributed by atoms with Crippen LogP contribution in [0.5, 0.6) is 11.6 Å². The van der Waals surface area contributed by atoms with Crippen molar-refractivity contribution in [2.24, 2.45) is 17.3 Å². The molecule has 10 heteroatoms. The molecule has 2 aromatic rings. The third-order valence-electron chi connectivity index (χ3n) is 10.9. The lowest BCUT2D eigenvalue weighted by atomic mass is 9.85. The molecule has 1 saturated heterocycles. The molecule has 1 N–H and O–H groups in total. The van der Waals surface area contributed by atoms with Gasteiger partial charge in [-0.15, -0.1) is 0 Å². The number of benzene rings is 1. The van der Waals surface area contributed by atoms with Crippen molar-refractivity contribution in [2.45, 2.75) is 129 Å². The van der Waals surface area contributed by atoms with Gasteiger partial charge in [0.2, 0.25) is 11.8 Å². The molecule has 2 saturated carbocycles. The molecule has 10 nitrogen and oxygen atoms in total. The van der Waals surface area contributed by atoms with Crippen LogP contribution in [-0.4, -0.2) is 70.6 Å². The number of nitrogens with zero attached hydrogens (tertiary/aromatic N) is 3. The van der Waals surface area contributed by atoms with Crippen LogP contribution >= 0.6 is 0 Å². The smallest absolute Gasteiger partial charge is 0.408 e. The van der Waals surface area contributed by atoms with Crippen molar-refractivity contribution >= 4 is 28.8 Å². The molecule has 1 spiro atoms. The first kappa shape index (κ1) is 32.5. The van der Waals surface area contributed by atoms with Gasteiger partial charge in [-0.05, 0) is 81.8 Å². The Labute approximate surface area is 272 Å². The summed E-state index contributed by atoms with van der Waals surface area (Å²) in [4.78, 5) is 52.9. The van der Waals surface area contributed by atoms with E-state index in [-0.39, 0.29) is 35.7 Å². The fraction of sp³-hybridized carbons (Fsp3) is 0.694. The van der Waals surface area contributed by atoms with Gasteiger partial charge in [0, 0.05) is 17.4 Å². The molecule has 1 aromatic heterocycles. The summed E-state index contributed by atoms with van der Waals surface area (Å²) in [5, 5.41) is 2.93. The summed E-state index contributed by atoms with van der Waals surface area (Å²) < 4.78 is 18.3. The molecular formula is C36H50N4O6. The number of nitrogens with one attached hydrogen (secondary N) is 1. The monoisotopic (exact) mass is 634 g/mol. The average Bonchev–Trinajstić information content (AvgIpc) is 3.51. The summed E-state index contributed by atoms with van der Waals surface area (Å²) in [6, 6.07) is 4.16. The highest BCUT2D eigenvalue weighted by Gasteiger charge is 2.52. The maximum absolute atomic E-state index is 14.4. The van der Waals surface area contributed by atoms with Crippen molar-refractivity contribution in [1.82, 2.24) is 20.2 Å². The van der Waals surface area contributed by atoms with E-state index >= 15 is 0 Å². The largest absolute Gasteiger partial charge is 0.497 e. The summed E-state index contributed by atoms with van der Waals surface area (Å²) in [5.74, 6) is 0.837. The van der Waals surface area contributed by atoms with E-state index < -0.39 is 29.7 Å². The van der Waals surface area contributed by atoms with Crippen LogP contribution in [0.2, 0.25) is 0 Å². The third kappa shape index (κ3) is 6.28. The minimum atomic E-state index is -0.880. The van der Waals surface area contributed by atoms with Crippen LogP contribution in [0.4, 0.5) is 4.79 Å². The number of Topliss-reactive ketones (excluding diaryl/α,β-unsaturated/α-hetero) is 1. The van der Waals surface area contributed by atoms with Gasteiger partial charge in [-0.1, -0.05) is 40.5 Å². The lowest BCUT2D eigenvalue weighted by Crippen LogP contribution is -2.57. The number of carbonyl (C=O) groups is 3.